The van der Waals surface area contributed by atoms with E-state index in [1.165, 1.54) is 0 Å². The second kappa shape index (κ2) is 4.83. The smallest absolute Gasteiger partial charge is 0.234 e. The normalized spacial score (nSPS) is 17.4. The fraction of sp³-hybridized carbons (Fsp3) is 0.875. The van der Waals surface area contributed by atoms with Gasteiger partial charge in [0.05, 0.1) is 12.6 Å². The summed E-state index contributed by atoms with van der Waals surface area (Å²) < 4.78 is 0. The van der Waals surface area contributed by atoms with Crippen LogP contribution in [0.1, 0.15) is 13.8 Å². The zero-order valence-corrected chi connectivity index (χ0v) is 8.47. The topological polar surface area (TPSA) is 81.1 Å². The van der Waals surface area contributed by atoms with Gasteiger partial charge < -0.3 is 5.32 Å². The monoisotopic (exact) mass is 197 g/mol. The minimum absolute atomic E-state index is 0.0272. The molecule has 1 saturated heterocycles. The number of amides is 1. The Morgan fingerprint density at radius 3 is 2.86 bits per heavy atom. The highest BCUT2D eigenvalue weighted by Gasteiger charge is 2.26. The largest absolute Gasteiger partial charge is 0.353 e. The molecule has 0 radical (unpaired) electrons. The number of nitrogens with zero attached hydrogens (tertiary/aromatic N) is 4. The summed E-state index contributed by atoms with van der Waals surface area (Å²) in [6, 6.07) is 0.226. The number of azide groups is 1. The van der Waals surface area contributed by atoms with Gasteiger partial charge in [0.15, 0.2) is 0 Å². The average molecular weight is 197 g/mol. The van der Waals surface area contributed by atoms with Crippen molar-refractivity contribution in [1.29, 1.82) is 0 Å². The lowest BCUT2D eigenvalue weighted by molar-refractivity contribution is -0.123. The highest BCUT2D eigenvalue weighted by Crippen LogP contribution is 2.10. The standard InChI is InChI=1S/C8H15N5O/c1-6(2)10-8(14)5-13-3-7(4-13)11-12-9/h6-7H,3-5H2,1-2H3,(H,10,14). The second-order valence-corrected chi connectivity index (χ2v) is 3.78. The maximum absolute atomic E-state index is 11.3. The number of rotatable bonds is 4. The van der Waals surface area contributed by atoms with Crippen LogP contribution in [0, 0.1) is 0 Å². The minimum atomic E-state index is 0.0272. The van der Waals surface area contributed by atoms with Gasteiger partial charge in [-0.2, -0.15) is 0 Å². The van der Waals surface area contributed by atoms with Crippen molar-refractivity contribution in [3.8, 4) is 0 Å². The Kier molecular flexibility index (Phi) is 3.73. The molecule has 1 aliphatic rings. The summed E-state index contributed by atoms with van der Waals surface area (Å²) in [4.78, 5) is 15.9. The van der Waals surface area contributed by atoms with Gasteiger partial charge in [0.1, 0.15) is 0 Å². The average Bonchev–Trinajstić information content (AvgIpc) is 1.99. The van der Waals surface area contributed by atoms with Gasteiger partial charge in [0.25, 0.3) is 0 Å². The number of carbonyl (C=O) groups excluding carboxylic acids is 1. The lowest BCUT2D eigenvalue weighted by Gasteiger charge is -2.35. The summed E-state index contributed by atoms with van der Waals surface area (Å²) in [6.07, 6.45) is 0. The van der Waals surface area contributed by atoms with Crippen molar-refractivity contribution in [3.63, 3.8) is 0 Å². The van der Waals surface area contributed by atoms with E-state index in [2.05, 4.69) is 15.3 Å². The van der Waals surface area contributed by atoms with Gasteiger partial charge in [-0.05, 0) is 19.4 Å². The van der Waals surface area contributed by atoms with Gasteiger partial charge in [0, 0.05) is 24.0 Å². The van der Waals surface area contributed by atoms with Crippen LogP contribution in [-0.4, -0.2) is 42.5 Å². The predicted octanol–water partition coefficient (Wildman–Crippen LogP) is 0.505. The van der Waals surface area contributed by atoms with Crippen LogP contribution < -0.4 is 5.32 Å². The maximum atomic E-state index is 11.3. The van der Waals surface area contributed by atoms with Crippen molar-refractivity contribution < 1.29 is 4.79 Å². The van der Waals surface area contributed by atoms with Gasteiger partial charge in [-0.3, -0.25) is 9.69 Å². The molecule has 14 heavy (non-hydrogen) atoms. The molecule has 0 aromatic rings. The van der Waals surface area contributed by atoms with Gasteiger partial charge >= 0.3 is 0 Å². The Labute approximate surface area is 82.9 Å². The molecule has 0 aromatic carbocycles. The Morgan fingerprint density at radius 2 is 2.36 bits per heavy atom. The molecule has 0 aromatic heterocycles. The third kappa shape index (κ3) is 3.24. The molecule has 0 saturated carbocycles. The van der Waals surface area contributed by atoms with Crippen LogP contribution in [-0.2, 0) is 4.79 Å². The summed E-state index contributed by atoms with van der Waals surface area (Å²) in [5, 5.41) is 6.36. The van der Waals surface area contributed by atoms with Gasteiger partial charge in [0.2, 0.25) is 5.91 Å². The Hall–Kier alpha value is -1.26. The van der Waals surface area contributed by atoms with Crippen molar-refractivity contribution in [3.05, 3.63) is 10.4 Å². The zero-order chi connectivity index (χ0) is 10.6. The molecule has 6 nitrogen and oxygen atoms in total. The number of hydrogen-bond donors (Lipinski definition) is 1. The number of carbonyl (C=O) groups is 1. The summed E-state index contributed by atoms with van der Waals surface area (Å²) >= 11 is 0. The predicted molar refractivity (Wildman–Crippen MR) is 52.7 cm³/mol. The molecule has 0 bridgehead atoms. The molecule has 1 heterocycles. The Morgan fingerprint density at radius 1 is 1.71 bits per heavy atom. The summed E-state index contributed by atoms with van der Waals surface area (Å²) in [5.74, 6) is 0.0272. The maximum Gasteiger partial charge on any atom is 0.234 e. The van der Waals surface area contributed by atoms with E-state index in [-0.39, 0.29) is 18.0 Å². The third-order valence-electron chi connectivity index (χ3n) is 1.97. The minimum Gasteiger partial charge on any atom is -0.353 e. The first-order valence-corrected chi connectivity index (χ1v) is 4.67. The van der Waals surface area contributed by atoms with Gasteiger partial charge in [-0.25, -0.2) is 0 Å². The molecule has 1 N–H and O–H groups in total. The highest BCUT2D eigenvalue weighted by molar-refractivity contribution is 5.78. The van der Waals surface area contributed by atoms with Gasteiger partial charge in [-0.15, -0.1) is 0 Å². The van der Waals surface area contributed by atoms with Gasteiger partial charge in [-0.1, -0.05) is 5.11 Å². The fourth-order valence-electron chi connectivity index (χ4n) is 1.39. The molecule has 1 amide bonds. The van der Waals surface area contributed by atoms with E-state index in [0.29, 0.717) is 19.6 Å². The quantitative estimate of drug-likeness (QED) is 0.404. The lowest BCUT2D eigenvalue weighted by atomic mass is 10.1. The van der Waals surface area contributed by atoms with Crippen LogP contribution in [0.3, 0.4) is 0 Å². The molecule has 1 aliphatic heterocycles. The molecule has 0 unspecified atom stereocenters. The van der Waals surface area contributed by atoms with E-state index < -0.39 is 0 Å². The summed E-state index contributed by atoms with van der Waals surface area (Å²) in [7, 11) is 0. The highest BCUT2D eigenvalue weighted by atomic mass is 16.2. The van der Waals surface area contributed by atoms with Crippen LogP contribution in [0.2, 0.25) is 0 Å². The molecule has 1 rings (SSSR count). The Bertz CT molecular complexity index is 252. The first-order chi connectivity index (χ1) is 6.61. The summed E-state index contributed by atoms with van der Waals surface area (Å²) in [6.45, 7) is 5.63. The van der Waals surface area contributed by atoms with Crippen molar-refractivity contribution in [2.24, 2.45) is 5.11 Å². The van der Waals surface area contributed by atoms with Crippen molar-refractivity contribution >= 4 is 5.91 Å². The van der Waals surface area contributed by atoms with E-state index >= 15 is 0 Å². The molecule has 1 fully saturated rings. The lowest BCUT2D eigenvalue weighted by Crippen LogP contribution is -2.53. The van der Waals surface area contributed by atoms with E-state index in [0.717, 1.165) is 0 Å². The van der Waals surface area contributed by atoms with Crippen LogP contribution >= 0.6 is 0 Å². The van der Waals surface area contributed by atoms with Crippen LogP contribution in [0.5, 0.6) is 0 Å². The van der Waals surface area contributed by atoms with E-state index in [4.69, 9.17) is 5.53 Å². The second-order valence-electron chi connectivity index (χ2n) is 3.78. The van der Waals surface area contributed by atoms with E-state index in [1.54, 1.807) is 0 Å². The number of likely N-dealkylation sites (tertiary alicyclic amines) is 1. The van der Waals surface area contributed by atoms with Crippen LogP contribution in [0.4, 0.5) is 0 Å². The van der Waals surface area contributed by atoms with Crippen LogP contribution in [0.15, 0.2) is 5.11 Å². The molecule has 0 aliphatic carbocycles. The first-order valence-electron chi connectivity index (χ1n) is 4.67. The zero-order valence-electron chi connectivity index (χ0n) is 8.47. The molecule has 0 atom stereocenters. The van der Waals surface area contributed by atoms with Crippen molar-refractivity contribution in [2.45, 2.75) is 25.9 Å². The van der Waals surface area contributed by atoms with Crippen molar-refractivity contribution in [2.75, 3.05) is 19.6 Å². The van der Waals surface area contributed by atoms with Crippen LogP contribution in [0.25, 0.3) is 10.4 Å². The number of nitrogens with one attached hydrogen (secondary N) is 1. The van der Waals surface area contributed by atoms with E-state index in [9.17, 15) is 4.79 Å². The Balaban J connectivity index is 2.16. The SMILES string of the molecule is CC(C)NC(=O)CN1CC(N=[N+]=[N-])C1. The molecule has 6 heteroatoms. The van der Waals surface area contributed by atoms with Crippen molar-refractivity contribution in [1.82, 2.24) is 10.2 Å². The fourth-order valence-corrected chi connectivity index (χ4v) is 1.39. The molecule has 78 valence electrons. The molecule has 0 spiro atoms. The molecular formula is C8H15N5O. The van der Waals surface area contributed by atoms with E-state index in [1.807, 2.05) is 18.7 Å². The number of hydrogen-bond acceptors (Lipinski definition) is 3. The first kappa shape index (κ1) is 10.8. The molecular weight excluding hydrogens is 182 g/mol. The summed E-state index contributed by atoms with van der Waals surface area (Å²) in [5.41, 5.74) is 8.15. The third-order valence-corrected chi connectivity index (χ3v) is 1.97.